The van der Waals surface area contributed by atoms with Crippen LogP contribution in [0.5, 0.6) is 0 Å². The molecule has 0 fully saturated rings. The number of hydrogen-bond acceptors (Lipinski definition) is 4. The third-order valence-corrected chi connectivity index (χ3v) is 3.61. The van der Waals surface area contributed by atoms with E-state index in [2.05, 4.69) is 26.3 Å². The number of carboxylic acids is 1. The third kappa shape index (κ3) is 25.2. The van der Waals surface area contributed by atoms with Crippen LogP contribution in [0.25, 0.3) is 6.08 Å². The van der Waals surface area contributed by atoms with Crippen LogP contribution in [0.4, 0.5) is 0 Å². The smallest absolute Gasteiger partial charge is 0.545 e. The van der Waals surface area contributed by atoms with Gasteiger partial charge in [-0.05, 0) is 37.3 Å². The standard InChI is InChI=1S/C8H8.C7H12O5S.C5H8.K/c1-2-8-6-4-3-5-7-8;1-6(7(8)9)4-2-3-5-13(10,11)12;1-4-5(2)3;/h2-7H,1H2;1-5H2,(H,8,9)(H,10,11,12);4H,1-2H2,3H3;/q;;;+1/p-1. The van der Waals surface area contributed by atoms with E-state index in [-0.39, 0.29) is 75.6 Å². The van der Waals surface area contributed by atoms with E-state index in [0.29, 0.717) is 6.42 Å². The maximum absolute atomic E-state index is 10.2. The van der Waals surface area contributed by atoms with Gasteiger partial charge in [-0.2, -0.15) is 8.42 Å². The third-order valence-electron chi connectivity index (χ3n) is 2.80. The molecule has 0 radical (unpaired) electrons. The van der Waals surface area contributed by atoms with Gasteiger partial charge in [0, 0.05) is 0 Å². The Kier molecular flexibility index (Phi) is 21.2. The van der Waals surface area contributed by atoms with Gasteiger partial charge in [-0.1, -0.05) is 74.4 Å². The fourth-order valence-electron chi connectivity index (χ4n) is 1.31. The average molecular weight is 419 g/mol. The van der Waals surface area contributed by atoms with Crippen LogP contribution in [0.15, 0.2) is 73.9 Å². The Bertz CT molecular complexity index is 694. The molecule has 1 aromatic carbocycles. The maximum Gasteiger partial charge on any atom is 1.00 e. The number of unbranched alkanes of at least 4 members (excludes halogenated alkanes) is 1. The summed E-state index contributed by atoms with van der Waals surface area (Å²) in [5.74, 6) is -1.68. The summed E-state index contributed by atoms with van der Waals surface area (Å²) in [6.45, 7) is 15.8. The van der Waals surface area contributed by atoms with Crippen molar-refractivity contribution in [1.82, 2.24) is 0 Å². The van der Waals surface area contributed by atoms with Gasteiger partial charge in [-0.15, -0.1) is 0 Å². The molecule has 0 atom stereocenters. The molecule has 0 unspecified atom stereocenters. The molecule has 0 saturated carbocycles. The zero-order valence-electron chi connectivity index (χ0n) is 16.2. The summed E-state index contributed by atoms with van der Waals surface area (Å²) in [5.41, 5.74) is 2.13. The number of hydrogen-bond donors (Lipinski definition) is 1. The second-order valence-corrected chi connectivity index (χ2v) is 6.87. The van der Waals surface area contributed by atoms with E-state index < -0.39 is 16.1 Å². The van der Waals surface area contributed by atoms with E-state index in [1.807, 2.05) is 43.3 Å². The maximum atomic E-state index is 10.2. The van der Waals surface area contributed by atoms with Crippen LogP contribution in [-0.4, -0.2) is 24.7 Å². The summed E-state index contributed by atoms with van der Waals surface area (Å²) in [7, 11) is -3.94. The monoisotopic (exact) mass is 418 g/mol. The number of benzene rings is 1. The fourth-order valence-corrected chi connectivity index (χ4v) is 1.88. The van der Waals surface area contributed by atoms with Crippen molar-refractivity contribution in [3.05, 3.63) is 79.4 Å². The Morgan fingerprint density at radius 2 is 1.63 bits per heavy atom. The Morgan fingerprint density at radius 3 is 1.93 bits per heavy atom. The van der Waals surface area contributed by atoms with Crippen molar-refractivity contribution < 1.29 is 74.3 Å². The van der Waals surface area contributed by atoms with Gasteiger partial charge in [0.15, 0.2) is 0 Å². The topological polar surface area (TPSA) is 94.5 Å². The summed E-state index contributed by atoms with van der Waals surface area (Å²) in [6.07, 6.45) is 4.30. The molecular weight excluding hydrogens is 391 g/mol. The van der Waals surface area contributed by atoms with Gasteiger partial charge < -0.3 is 9.90 Å². The number of carbonyl (C=O) groups is 1. The SMILES string of the molecule is C=C(CCCCS(=O)(=O)O)C(=O)[O-].C=CC(=C)C.C=Cc1ccccc1.[K+]. The van der Waals surface area contributed by atoms with Gasteiger partial charge >= 0.3 is 51.4 Å². The molecule has 0 aliphatic rings. The summed E-state index contributed by atoms with van der Waals surface area (Å²) in [5, 5.41) is 10.1. The molecule has 0 aliphatic carbocycles. The molecule has 5 nitrogen and oxygen atoms in total. The molecule has 0 aliphatic heterocycles. The number of allylic oxidation sites excluding steroid dienone is 2. The van der Waals surface area contributed by atoms with Crippen molar-refractivity contribution in [2.45, 2.75) is 26.2 Å². The Labute approximate surface area is 205 Å². The van der Waals surface area contributed by atoms with E-state index in [1.54, 1.807) is 6.08 Å². The molecule has 0 heterocycles. The Morgan fingerprint density at radius 1 is 1.15 bits per heavy atom. The minimum Gasteiger partial charge on any atom is -0.545 e. The van der Waals surface area contributed by atoms with Gasteiger partial charge in [0.2, 0.25) is 0 Å². The molecule has 1 rings (SSSR count). The number of carbonyl (C=O) groups excluding carboxylic acids is 1. The predicted molar refractivity (Wildman–Crippen MR) is 106 cm³/mol. The first-order valence-electron chi connectivity index (χ1n) is 7.83. The van der Waals surface area contributed by atoms with Gasteiger partial charge in [-0.25, -0.2) is 0 Å². The molecule has 1 aromatic rings. The Balaban J connectivity index is -0.000000350. The van der Waals surface area contributed by atoms with Gasteiger partial charge in [0.25, 0.3) is 10.1 Å². The van der Waals surface area contributed by atoms with E-state index >= 15 is 0 Å². The van der Waals surface area contributed by atoms with Crippen LogP contribution >= 0.6 is 0 Å². The zero-order valence-corrected chi connectivity index (χ0v) is 20.1. The van der Waals surface area contributed by atoms with Crippen molar-refractivity contribution in [3.63, 3.8) is 0 Å². The van der Waals surface area contributed by atoms with E-state index in [9.17, 15) is 18.3 Å². The Hall–Kier alpha value is -0.804. The van der Waals surface area contributed by atoms with Gasteiger partial charge in [-0.3, -0.25) is 4.55 Å². The molecule has 7 heteroatoms. The normalized spacial score (nSPS) is 9.11. The van der Waals surface area contributed by atoms with Crippen LogP contribution in [-0.2, 0) is 14.9 Å². The summed E-state index contributed by atoms with van der Waals surface area (Å²) < 4.78 is 28.7. The number of carboxylic acid groups (broad SMARTS) is 1. The van der Waals surface area contributed by atoms with Crippen molar-refractivity contribution >= 4 is 22.2 Å². The van der Waals surface area contributed by atoms with Gasteiger partial charge in [0.05, 0.1) is 11.7 Å². The molecular formula is C20H27KO5S. The molecule has 0 saturated heterocycles. The average Bonchev–Trinajstić information content (AvgIpc) is 2.59. The molecule has 0 bridgehead atoms. The van der Waals surface area contributed by atoms with Crippen LogP contribution in [0.2, 0.25) is 0 Å². The molecule has 27 heavy (non-hydrogen) atoms. The van der Waals surface area contributed by atoms with Crippen molar-refractivity contribution in [2.24, 2.45) is 0 Å². The van der Waals surface area contributed by atoms with Crippen molar-refractivity contribution in [1.29, 1.82) is 0 Å². The minimum atomic E-state index is -3.94. The summed E-state index contributed by atoms with van der Waals surface area (Å²) in [6, 6.07) is 10.0. The first-order chi connectivity index (χ1) is 12.0. The minimum absolute atomic E-state index is 0. The second-order valence-electron chi connectivity index (χ2n) is 5.30. The van der Waals surface area contributed by atoms with E-state index in [1.165, 1.54) is 5.56 Å². The number of aliphatic carboxylic acids is 1. The second kappa shape index (κ2) is 18.6. The van der Waals surface area contributed by atoms with Gasteiger partial charge in [0.1, 0.15) is 0 Å². The van der Waals surface area contributed by atoms with Crippen LogP contribution in [0.3, 0.4) is 0 Å². The zero-order chi connectivity index (χ0) is 20.6. The van der Waals surface area contributed by atoms with Crippen LogP contribution in [0.1, 0.15) is 31.7 Å². The van der Waals surface area contributed by atoms with E-state index in [4.69, 9.17) is 4.55 Å². The largest absolute Gasteiger partial charge is 1.00 e. The molecule has 144 valence electrons. The molecule has 1 N–H and O–H groups in total. The molecule has 0 aromatic heterocycles. The first kappa shape index (κ1) is 30.9. The summed E-state index contributed by atoms with van der Waals surface area (Å²) in [4.78, 5) is 10.1. The van der Waals surface area contributed by atoms with Crippen molar-refractivity contribution in [2.75, 3.05) is 5.75 Å². The molecule has 0 amide bonds. The number of rotatable bonds is 8. The van der Waals surface area contributed by atoms with E-state index in [0.717, 1.165) is 5.57 Å². The van der Waals surface area contributed by atoms with Crippen LogP contribution < -0.4 is 56.5 Å². The molecule has 0 spiro atoms. The van der Waals surface area contributed by atoms with Crippen LogP contribution in [0, 0.1) is 0 Å². The fraction of sp³-hybridized carbons (Fsp3) is 0.250. The quantitative estimate of drug-likeness (QED) is 0.217. The summed E-state index contributed by atoms with van der Waals surface area (Å²) >= 11 is 0. The first-order valence-corrected chi connectivity index (χ1v) is 9.44. The predicted octanol–water partition coefficient (Wildman–Crippen LogP) is 0.433. The van der Waals surface area contributed by atoms with Crippen molar-refractivity contribution in [3.8, 4) is 0 Å².